The number of fused-ring (bicyclic) bond motifs is 1. The van der Waals surface area contributed by atoms with Crippen molar-refractivity contribution in [1.82, 2.24) is 25.0 Å². The van der Waals surface area contributed by atoms with Crippen LogP contribution in [-0.2, 0) is 19.5 Å². The van der Waals surface area contributed by atoms with Crippen LogP contribution in [0.1, 0.15) is 37.9 Å². The maximum atomic E-state index is 12.2. The van der Waals surface area contributed by atoms with Gasteiger partial charge in [-0.15, -0.1) is 24.0 Å². The van der Waals surface area contributed by atoms with Crippen molar-refractivity contribution in [3.8, 4) is 0 Å². The van der Waals surface area contributed by atoms with Crippen LogP contribution < -0.4 is 16.3 Å². The molecule has 0 aliphatic carbocycles. The third-order valence-electron chi connectivity index (χ3n) is 4.16. The second-order valence-corrected chi connectivity index (χ2v) is 7.00. The van der Waals surface area contributed by atoms with E-state index >= 15 is 0 Å². The Hall–Kier alpha value is -0.710. The average molecular weight is 482 g/mol. The minimum atomic E-state index is 0. The summed E-state index contributed by atoms with van der Waals surface area (Å²) in [5.41, 5.74) is 0.0426. The molecule has 144 valence electrons. The molecule has 2 N–H and O–H groups in total. The molecule has 1 aromatic rings. The zero-order valence-electron chi connectivity index (χ0n) is 15.3. The van der Waals surface area contributed by atoms with E-state index in [2.05, 4.69) is 27.0 Å². The molecule has 9 heteroatoms. The van der Waals surface area contributed by atoms with Crippen LogP contribution in [0.5, 0.6) is 0 Å². The van der Waals surface area contributed by atoms with Crippen LogP contribution in [0.4, 0.5) is 0 Å². The second kappa shape index (κ2) is 12.6. The van der Waals surface area contributed by atoms with Crippen LogP contribution in [0.25, 0.3) is 0 Å². The van der Waals surface area contributed by atoms with Gasteiger partial charge in [-0.25, -0.2) is 9.48 Å². The molecule has 0 spiro atoms. The van der Waals surface area contributed by atoms with Crippen molar-refractivity contribution in [3.63, 3.8) is 0 Å². The van der Waals surface area contributed by atoms with Crippen molar-refractivity contribution < 1.29 is 0 Å². The molecule has 0 bridgehead atoms. The van der Waals surface area contributed by atoms with Crippen molar-refractivity contribution in [2.75, 3.05) is 32.1 Å². The number of hydrogen-bond acceptors (Lipinski definition) is 4. The Kier molecular flexibility index (Phi) is 11.3. The number of thioether (sulfide) groups is 1. The Bertz CT molecular complexity index is 586. The Morgan fingerprint density at radius 2 is 2.00 bits per heavy atom. The Labute approximate surface area is 171 Å². The standard InChI is InChI=1S/C16H30N6OS.HI/c1-17-15(18-9-4-6-13-24-2)19-10-7-12-22-16(23)21-11-5-3-8-14(21)20-22;/h3-13H2,1-2H3,(H2,17,18,19);1H. The molecule has 0 fully saturated rings. The Balaban J connectivity index is 0.00000312. The zero-order chi connectivity index (χ0) is 17.2. The maximum Gasteiger partial charge on any atom is 0.345 e. The highest BCUT2D eigenvalue weighted by Gasteiger charge is 2.16. The molecule has 7 nitrogen and oxygen atoms in total. The average Bonchev–Trinajstić information content (AvgIpc) is 2.93. The van der Waals surface area contributed by atoms with Gasteiger partial charge in [-0.1, -0.05) is 0 Å². The van der Waals surface area contributed by atoms with E-state index in [4.69, 9.17) is 0 Å². The lowest BCUT2D eigenvalue weighted by Gasteiger charge is -2.11. The molecule has 2 heterocycles. The molecule has 0 atom stereocenters. The quantitative estimate of drug-likeness (QED) is 0.243. The van der Waals surface area contributed by atoms with Crippen molar-refractivity contribution in [3.05, 3.63) is 16.3 Å². The van der Waals surface area contributed by atoms with Crippen molar-refractivity contribution >= 4 is 41.7 Å². The molecule has 25 heavy (non-hydrogen) atoms. The molecule has 0 saturated heterocycles. The second-order valence-electron chi connectivity index (χ2n) is 6.01. The molecule has 0 radical (unpaired) electrons. The molecule has 1 aliphatic heterocycles. The van der Waals surface area contributed by atoms with Gasteiger partial charge in [0, 0.05) is 39.6 Å². The fourth-order valence-corrected chi connectivity index (χ4v) is 3.32. The molecule has 0 amide bonds. The summed E-state index contributed by atoms with van der Waals surface area (Å²) in [4.78, 5) is 16.5. The Morgan fingerprint density at radius 1 is 1.24 bits per heavy atom. The van der Waals surface area contributed by atoms with Gasteiger partial charge < -0.3 is 10.6 Å². The van der Waals surface area contributed by atoms with Gasteiger partial charge in [-0.2, -0.15) is 16.9 Å². The van der Waals surface area contributed by atoms with E-state index in [1.54, 1.807) is 11.7 Å². The summed E-state index contributed by atoms with van der Waals surface area (Å²) >= 11 is 1.88. The summed E-state index contributed by atoms with van der Waals surface area (Å²) in [6.07, 6.45) is 8.50. The summed E-state index contributed by atoms with van der Waals surface area (Å²) in [5.74, 6) is 2.98. The number of unbranched alkanes of at least 4 members (excludes halogenated alkanes) is 1. The van der Waals surface area contributed by atoms with E-state index in [9.17, 15) is 4.79 Å². The molecular formula is C16H31IN6OS. The summed E-state index contributed by atoms with van der Waals surface area (Å²) < 4.78 is 3.44. The summed E-state index contributed by atoms with van der Waals surface area (Å²) in [6.45, 7) is 3.18. The molecule has 0 aromatic carbocycles. The van der Waals surface area contributed by atoms with E-state index < -0.39 is 0 Å². The number of guanidine groups is 1. The molecular weight excluding hydrogens is 451 g/mol. The number of hydrogen-bond donors (Lipinski definition) is 2. The maximum absolute atomic E-state index is 12.2. The number of aromatic nitrogens is 3. The zero-order valence-corrected chi connectivity index (χ0v) is 18.4. The normalized spacial score (nSPS) is 13.9. The Morgan fingerprint density at radius 3 is 2.68 bits per heavy atom. The van der Waals surface area contributed by atoms with Crippen molar-refractivity contribution in [2.24, 2.45) is 4.99 Å². The van der Waals surface area contributed by atoms with E-state index in [0.29, 0.717) is 6.54 Å². The van der Waals surface area contributed by atoms with Gasteiger partial charge in [0.1, 0.15) is 5.82 Å². The summed E-state index contributed by atoms with van der Waals surface area (Å²) in [6, 6.07) is 0. The lowest BCUT2D eigenvalue weighted by molar-refractivity contribution is 0.509. The fraction of sp³-hybridized carbons (Fsp3) is 0.812. The monoisotopic (exact) mass is 482 g/mol. The third kappa shape index (κ3) is 7.20. The van der Waals surface area contributed by atoms with Gasteiger partial charge in [0.25, 0.3) is 0 Å². The predicted octanol–water partition coefficient (Wildman–Crippen LogP) is 1.70. The van der Waals surface area contributed by atoms with Gasteiger partial charge in [0.05, 0.1) is 0 Å². The number of rotatable bonds is 9. The predicted molar refractivity (Wildman–Crippen MR) is 116 cm³/mol. The van der Waals surface area contributed by atoms with Crippen LogP contribution in [0.15, 0.2) is 9.79 Å². The fourth-order valence-electron chi connectivity index (χ4n) is 2.83. The van der Waals surface area contributed by atoms with Gasteiger partial charge in [0.2, 0.25) is 0 Å². The van der Waals surface area contributed by atoms with Gasteiger partial charge in [-0.3, -0.25) is 9.56 Å². The smallest absolute Gasteiger partial charge is 0.345 e. The minimum absolute atomic E-state index is 0. The van der Waals surface area contributed by atoms with Gasteiger partial charge in [0.15, 0.2) is 5.96 Å². The van der Waals surface area contributed by atoms with Gasteiger partial charge in [-0.05, 0) is 44.1 Å². The summed E-state index contributed by atoms with van der Waals surface area (Å²) in [5, 5.41) is 11.1. The highest BCUT2D eigenvalue weighted by Crippen LogP contribution is 2.09. The SMILES string of the molecule is CN=C(NCCCCSC)NCCCn1nc2n(c1=O)CCCC2.I. The molecule has 0 saturated carbocycles. The lowest BCUT2D eigenvalue weighted by atomic mass is 10.2. The molecule has 2 rings (SSSR count). The first-order chi connectivity index (χ1) is 11.8. The topological polar surface area (TPSA) is 76.2 Å². The number of nitrogens with one attached hydrogen (secondary N) is 2. The highest BCUT2D eigenvalue weighted by atomic mass is 127. The minimum Gasteiger partial charge on any atom is -0.356 e. The number of halogens is 1. The molecule has 1 aromatic heterocycles. The largest absolute Gasteiger partial charge is 0.356 e. The lowest BCUT2D eigenvalue weighted by Crippen LogP contribution is -2.38. The first-order valence-electron chi connectivity index (χ1n) is 8.86. The van der Waals surface area contributed by atoms with Crippen molar-refractivity contribution in [1.29, 1.82) is 0 Å². The van der Waals surface area contributed by atoms with Crippen LogP contribution in [0, 0.1) is 0 Å². The van der Waals surface area contributed by atoms with E-state index in [1.807, 2.05) is 16.3 Å². The van der Waals surface area contributed by atoms with E-state index in [-0.39, 0.29) is 29.7 Å². The number of aliphatic imine (C=N–C) groups is 1. The van der Waals surface area contributed by atoms with Crippen LogP contribution in [-0.4, -0.2) is 52.5 Å². The van der Waals surface area contributed by atoms with Crippen LogP contribution >= 0.6 is 35.7 Å². The first kappa shape index (κ1) is 22.3. The van der Waals surface area contributed by atoms with E-state index in [0.717, 1.165) is 63.5 Å². The third-order valence-corrected chi connectivity index (χ3v) is 4.86. The van der Waals surface area contributed by atoms with E-state index in [1.165, 1.54) is 12.2 Å². The highest BCUT2D eigenvalue weighted by molar-refractivity contribution is 14.0. The number of aryl methyl sites for hydroxylation is 2. The number of nitrogens with zero attached hydrogens (tertiary/aromatic N) is 4. The van der Waals surface area contributed by atoms with Gasteiger partial charge >= 0.3 is 5.69 Å². The summed E-state index contributed by atoms with van der Waals surface area (Å²) in [7, 11) is 1.78. The van der Waals surface area contributed by atoms with Crippen LogP contribution in [0.2, 0.25) is 0 Å². The van der Waals surface area contributed by atoms with Crippen molar-refractivity contribution in [2.45, 2.75) is 51.6 Å². The molecule has 1 aliphatic rings. The first-order valence-corrected chi connectivity index (χ1v) is 10.3. The van der Waals surface area contributed by atoms with Crippen LogP contribution in [0.3, 0.4) is 0 Å². The molecule has 0 unspecified atom stereocenters.